The van der Waals surface area contributed by atoms with Crippen molar-refractivity contribution in [3.05, 3.63) is 59.2 Å². The number of phenolic OH excluding ortho intramolecular Hbond substituents is 2. The molecule has 2 fully saturated rings. The molecule has 0 aromatic heterocycles. The molecule has 2 aliphatic rings. The van der Waals surface area contributed by atoms with Gasteiger partial charge in [-0.3, -0.25) is 0 Å². The second kappa shape index (κ2) is 36.4. The third-order valence-electron chi connectivity index (χ3n) is 9.07. The summed E-state index contributed by atoms with van der Waals surface area (Å²) >= 11 is 0. The highest BCUT2D eigenvalue weighted by molar-refractivity contribution is 5.39. The summed E-state index contributed by atoms with van der Waals surface area (Å²) in [6.45, 7) is 13.8. The number of epoxide rings is 2. The first-order valence-electron chi connectivity index (χ1n) is 20.6. The molecule has 2 aliphatic heterocycles. The molecule has 2 heterocycles. The number of rotatable bonds is 24. The van der Waals surface area contributed by atoms with E-state index in [0.717, 1.165) is 44.6 Å². The number of phenols is 2. The molecule has 288 valence electrons. The Morgan fingerprint density at radius 1 is 0.540 bits per heavy atom. The Bertz CT molecular complexity index is 984. The van der Waals surface area contributed by atoms with Gasteiger partial charge in [-0.25, -0.2) is 0 Å². The van der Waals surface area contributed by atoms with Gasteiger partial charge in [-0.05, 0) is 74.3 Å². The molecule has 2 aromatic carbocycles. The van der Waals surface area contributed by atoms with E-state index >= 15 is 0 Å². The van der Waals surface area contributed by atoms with Crippen LogP contribution in [-0.2, 0) is 33.5 Å². The highest BCUT2D eigenvalue weighted by Crippen LogP contribution is 2.26. The van der Waals surface area contributed by atoms with Crippen LogP contribution in [0.4, 0.5) is 0 Å². The summed E-state index contributed by atoms with van der Waals surface area (Å²) in [6.07, 6.45) is 31.8. The summed E-state index contributed by atoms with van der Waals surface area (Å²) in [7, 11) is 0. The number of unbranched alkanes of at least 4 members (excludes halogenated alkanes) is 18. The molecular weight excluding hydrogens is 620 g/mol. The van der Waals surface area contributed by atoms with Gasteiger partial charge in [0.15, 0.2) is 0 Å². The number of hydrogen-bond donors (Lipinski definition) is 2. The van der Waals surface area contributed by atoms with Crippen molar-refractivity contribution in [1.29, 1.82) is 0 Å². The number of aromatic hydroxyl groups is 2. The van der Waals surface area contributed by atoms with E-state index in [-0.39, 0.29) is 0 Å². The van der Waals surface area contributed by atoms with Gasteiger partial charge >= 0.3 is 0 Å². The molecule has 0 bridgehead atoms. The Morgan fingerprint density at radius 3 is 1.28 bits per heavy atom. The lowest BCUT2D eigenvalue weighted by Gasteiger charge is -2.12. The van der Waals surface area contributed by atoms with Gasteiger partial charge < -0.3 is 24.5 Å². The minimum absolute atomic E-state index is 0.452. The van der Waals surface area contributed by atoms with E-state index in [0.29, 0.717) is 17.6 Å². The molecule has 0 aliphatic carbocycles. The van der Waals surface area contributed by atoms with Gasteiger partial charge in [-0.15, -0.1) is 0 Å². The fraction of sp³-hybridized carbons (Fsp3) is 0.711. The maximum Gasteiger partial charge on any atom is 0.119 e. The number of carbonyl (C=O) groups is 1. The molecule has 1 atom stereocenters. The van der Waals surface area contributed by atoms with Crippen LogP contribution in [-0.4, -0.2) is 42.9 Å². The maximum atomic E-state index is 10.3. The second-order valence-electron chi connectivity index (χ2n) is 13.9. The Kier molecular flexibility index (Phi) is 34.7. The first-order valence-corrected chi connectivity index (χ1v) is 20.6. The zero-order chi connectivity index (χ0) is 36.9. The fourth-order valence-electron chi connectivity index (χ4n) is 5.77. The van der Waals surface area contributed by atoms with Crippen LogP contribution in [0.2, 0.25) is 0 Å². The van der Waals surface area contributed by atoms with Crippen molar-refractivity contribution in [2.75, 3.05) is 19.8 Å². The lowest BCUT2D eigenvalue weighted by atomic mass is 9.95. The number of carbonyl (C=O) groups excluding carboxylic acids is 1. The summed E-state index contributed by atoms with van der Waals surface area (Å²) in [5, 5.41) is 19.8. The average molecular weight is 699 g/mol. The lowest BCUT2D eigenvalue weighted by Crippen LogP contribution is -1.96. The molecule has 4 rings (SSSR count). The number of aryl methyl sites for hydroxylation is 2. The van der Waals surface area contributed by atoms with Crippen molar-refractivity contribution in [3.8, 4) is 11.5 Å². The molecule has 50 heavy (non-hydrogen) atoms. The summed E-state index contributed by atoms with van der Waals surface area (Å²) in [6, 6.07) is 13.8. The first kappa shape index (κ1) is 47.6. The molecule has 2 saturated heterocycles. The molecule has 0 amide bonds. The Morgan fingerprint density at radius 2 is 0.880 bits per heavy atom. The quantitative estimate of drug-likeness (QED) is 0.0842. The molecule has 5 heteroatoms. The zero-order valence-electron chi connectivity index (χ0n) is 33.0. The van der Waals surface area contributed by atoms with E-state index in [9.17, 15) is 10.2 Å². The highest BCUT2D eigenvalue weighted by atomic mass is 16.6. The van der Waals surface area contributed by atoms with Gasteiger partial charge in [0.1, 0.15) is 18.3 Å². The largest absolute Gasteiger partial charge is 0.508 e. The van der Waals surface area contributed by atoms with Crippen LogP contribution >= 0.6 is 0 Å². The van der Waals surface area contributed by atoms with Crippen molar-refractivity contribution in [3.63, 3.8) is 0 Å². The Hall–Kier alpha value is -2.37. The number of hydrogen-bond acceptors (Lipinski definition) is 5. The van der Waals surface area contributed by atoms with E-state index in [4.69, 9.17) is 9.53 Å². The SMILES string of the molecule is C1CO1.C=O.CC1CO1.CCCCCCCCCc1cccc(O)c1CCCCCCCCC.CCCCCCCCCc1ccccc1O. The van der Waals surface area contributed by atoms with Crippen molar-refractivity contribution in [1.82, 2.24) is 0 Å². The van der Waals surface area contributed by atoms with Gasteiger partial charge in [0, 0.05) is 0 Å². The molecule has 5 nitrogen and oxygen atoms in total. The van der Waals surface area contributed by atoms with Gasteiger partial charge in [0.2, 0.25) is 0 Å². The van der Waals surface area contributed by atoms with Crippen molar-refractivity contribution in [2.45, 2.75) is 188 Å². The number of benzene rings is 2. The number of para-hydroxylation sites is 1. The highest BCUT2D eigenvalue weighted by Gasteiger charge is 2.13. The summed E-state index contributed by atoms with van der Waals surface area (Å²) in [5.74, 6) is 0.972. The summed E-state index contributed by atoms with van der Waals surface area (Å²) in [4.78, 5) is 8.00. The van der Waals surface area contributed by atoms with Crippen LogP contribution in [0.25, 0.3) is 0 Å². The molecule has 2 aromatic rings. The molecule has 0 radical (unpaired) electrons. The third-order valence-corrected chi connectivity index (χ3v) is 9.07. The van der Waals surface area contributed by atoms with E-state index in [1.165, 1.54) is 146 Å². The van der Waals surface area contributed by atoms with Gasteiger partial charge in [-0.2, -0.15) is 0 Å². The van der Waals surface area contributed by atoms with Crippen LogP contribution in [0.15, 0.2) is 42.5 Å². The van der Waals surface area contributed by atoms with Crippen molar-refractivity contribution in [2.24, 2.45) is 0 Å². The van der Waals surface area contributed by atoms with E-state index in [2.05, 4.69) is 38.5 Å². The van der Waals surface area contributed by atoms with Crippen LogP contribution in [0.3, 0.4) is 0 Å². The van der Waals surface area contributed by atoms with Crippen LogP contribution in [0.5, 0.6) is 11.5 Å². The van der Waals surface area contributed by atoms with Crippen LogP contribution in [0, 0.1) is 0 Å². The predicted octanol–water partition coefficient (Wildman–Crippen LogP) is 12.9. The molecule has 1 unspecified atom stereocenters. The van der Waals surface area contributed by atoms with Gasteiger partial charge in [-0.1, -0.05) is 167 Å². The fourth-order valence-corrected chi connectivity index (χ4v) is 5.77. The summed E-state index contributed by atoms with van der Waals surface area (Å²) < 4.78 is 9.21. The van der Waals surface area contributed by atoms with Crippen molar-refractivity contribution < 1.29 is 24.5 Å². The third kappa shape index (κ3) is 31.6. The molecule has 2 N–H and O–H groups in total. The minimum atomic E-state index is 0.452. The van der Waals surface area contributed by atoms with Crippen LogP contribution in [0.1, 0.15) is 179 Å². The van der Waals surface area contributed by atoms with Gasteiger partial charge in [0.05, 0.1) is 25.9 Å². The minimum Gasteiger partial charge on any atom is -0.508 e. The zero-order valence-corrected chi connectivity index (χ0v) is 33.0. The molecule has 0 saturated carbocycles. The Balaban J connectivity index is 0.000000805. The molecule has 0 spiro atoms. The first-order chi connectivity index (χ1) is 24.5. The van der Waals surface area contributed by atoms with E-state index in [1.807, 2.05) is 37.1 Å². The van der Waals surface area contributed by atoms with Crippen LogP contribution < -0.4 is 0 Å². The summed E-state index contributed by atoms with van der Waals surface area (Å²) in [5.41, 5.74) is 3.71. The lowest BCUT2D eigenvalue weighted by molar-refractivity contribution is -0.0980. The number of ether oxygens (including phenoxy) is 2. The van der Waals surface area contributed by atoms with Gasteiger partial charge in [0.25, 0.3) is 0 Å². The smallest absolute Gasteiger partial charge is 0.119 e. The van der Waals surface area contributed by atoms with E-state index in [1.54, 1.807) is 6.07 Å². The van der Waals surface area contributed by atoms with Crippen molar-refractivity contribution >= 4 is 6.79 Å². The standard InChI is InChI=1S/C24H42O.C15H24O.C3H6O.C2H4O.CH2O/c1-3-5-7-9-11-13-15-18-22-19-17-21-24(25)23(22)20-16-14-12-10-8-6-4-2;1-2-3-4-5-6-7-8-11-14-12-9-10-13-15(14)16;1-3-2-4-3;1-2-3-1;1-2/h17,19,21,25H,3-16,18,20H2,1-2H3;9-10,12-13,16H,2-8,11H2,1H3;3H,2H2,1H3;1-2H2;1H2. The normalized spacial score (nSPS) is 13.6. The topological polar surface area (TPSA) is 82.6 Å². The Labute approximate surface area is 309 Å². The maximum absolute atomic E-state index is 10.3. The monoisotopic (exact) mass is 699 g/mol. The van der Waals surface area contributed by atoms with E-state index < -0.39 is 0 Å². The second-order valence-corrected chi connectivity index (χ2v) is 13.9. The molecular formula is C45H78O5. The predicted molar refractivity (Wildman–Crippen MR) is 215 cm³/mol. The average Bonchev–Trinajstić information content (AvgIpc) is 4.07.